The van der Waals surface area contributed by atoms with Crippen LogP contribution in [0.25, 0.3) is 0 Å². The summed E-state index contributed by atoms with van der Waals surface area (Å²) in [5.74, 6) is 0.786. The smallest absolute Gasteiger partial charge is 0.255 e. The van der Waals surface area contributed by atoms with Crippen LogP contribution >= 0.6 is 0 Å². The summed E-state index contributed by atoms with van der Waals surface area (Å²) in [6.07, 6.45) is 2.23. The number of phenolic OH excluding ortho intramolecular Hbond substituents is 1. The third-order valence-corrected chi connectivity index (χ3v) is 4.16. The number of ether oxygens (including phenoxy) is 1. The summed E-state index contributed by atoms with van der Waals surface area (Å²) in [4.78, 5) is 14.5. The second-order valence-electron chi connectivity index (χ2n) is 5.47. The summed E-state index contributed by atoms with van der Waals surface area (Å²) in [6, 6.07) is 4.71. The highest BCUT2D eigenvalue weighted by Gasteiger charge is 2.19. The number of hydrogen-bond donors (Lipinski definition) is 2. The third-order valence-electron chi connectivity index (χ3n) is 4.16. The molecule has 1 saturated heterocycles. The van der Waals surface area contributed by atoms with Crippen molar-refractivity contribution in [3.8, 4) is 11.5 Å². The van der Waals surface area contributed by atoms with Gasteiger partial charge in [0.1, 0.15) is 11.5 Å². The van der Waals surface area contributed by atoms with Gasteiger partial charge >= 0.3 is 0 Å². The fraction of sp³-hybridized carbons (Fsp3) is 0.562. The van der Waals surface area contributed by atoms with Crippen molar-refractivity contribution in [2.45, 2.75) is 19.8 Å². The summed E-state index contributed by atoms with van der Waals surface area (Å²) in [6.45, 7) is 6.14. The predicted molar refractivity (Wildman–Crippen MR) is 81.8 cm³/mol. The van der Waals surface area contributed by atoms with Crippen molar-refractivity contribution in [3.63, 3.8) is 0 Å². The second kappa shape index (κ2) is 7.31. The molecule has 116 valence electrons. The first-order valence-corrected chi connectivity index (χ1v) is 7.51. The minimum atomic E-state index is -0.229. The standard InChI is InChI=1S/C16H24N2O3/c1-3-18-8-6-12(7-9-18)11-17-16(20)14-5-4-13(21-2)10-15(14)19/h4-5,10,12,19H,3,6-9,11H2,1-2H3,(H,17,20). The number of carbonyl (C=O) groups is 1. The van der Waals surface area contributed by atoms with Crippen molar-refractivity contribution in [3.05, 3.63) is 23.8 Å². The van der Waals surface area contributed by atoms with Crippen LogP contribution in [0.4, 0.5) is 0 Å². The van der Waals surface area contributed by atoms with E-state index >= 15 is 0 Å². The van der Waals surface area contributed by atoms with E-state index in [1.807, 2.05) is 0 Å². The molecule has 0 atom stereocenters. The largest absolute Gasteiger partial charge is 0.507 e. The molecule has 1 aliphatic rings. The van der Waals surface area contributed by atoms with E-state index in [-0.39, 0.29) is 11.7 Å². The van der Waals surface area contributed by atoms with E-state index in [9.17, 15) is 9.90 Å². The quantitative estimate of drug-likeness (QED) is 0.869. The van der Waals surface area contributed by atoms with Gasteiger partial charge in [-0.2, -0.15) is 0 Å². The van der Waals surface area contributed by atoms with Crippen molar-refractivity contribution < 1.29 is 14.6 Å². The molecular formula is C16H24N2O3. The molecule has 0 unspecified atom stereocenters. The van der Waals surface area contributed by atoms with E-state index in [1.54, 1.807) is 12.1 Å². The van der Waals surface area contributed by atoms with Crippen LogP contribution in [-0.4, -0.2) is 49.2 Å². The molecule has 0 radical (unpaired) electrons. The van der Waals surface area contributed by atoms with Crippen LogP contribution in [0.3, 0.4) is 0 Å². The number of methoxy groups -OCH3 is 1. The van der Waals surface area contributed by atoms with Crippen LogP contribution in [0.1, 0.15) is 30.1 Å². The number of carbonyl (C=O) groups excluding carboxylic acids is 1. The van der Waals surface area contributed by atoms with Crippen LogP contribution in [-0.2, 0) is 0 Å². The van der Waals surface area contributed by atoms with Gasteiger partial charge in [0.15, 0.2) is 0 Å². The van der Waals surface area contributed by atoms with Gasteiger partial charge in [0.2, 0.25) is 0 Å². The van der Waals surface area contributed by atoms with Crippen molar-refractivity contribution in [1.29, 1.82) is 0 Å². The SMILES string of the molecule is CCN1CCC(CNC(=O)c2ccc(OC)cc2O)CC1. The predicted octanol–water partition coefficient (Wildman–Crippen LogP) is 1.86. The number of amides is 1. The number of hydrogen-bond acceptors (Lipinski definition) is 4. The lowest BCUT2D eigenvalue weighted by atomic mass is 9.96. The molecule has 5 nitrogen and oxygen atoms in total. The Hall–Kier alpha value is -1.75. The summed E-state index contributed by atoms with van der Waals surface area (Å²) in [5.41, 5.74) is 0.293. The summed E-state index contributed by atoms with van der Waals surface area (Å²) < 4.78 is 5.01. The first-order chi connectivity index (χ1) is 10.1. The van der Waals surface area contributed by atoms with Crippen molar-refractivity contribution >= 4 is 5.91 Å². The molecule has 0 bridgehead atoms. The van der Waals surface area contributed by atoms with Gasteiger partial charge in [-0.1, -0.05) is 6.92 Å². The molecule has 1 aliphatic heterocycles. The topological polar surface area (TPSA) is 61.8 Å². The van der Waals surface area contributed by atoms with Gasteiger partial charge in [0.25, 0.3) is 5.91 Å². The first-order valence-electron chi connectivity index (χ1n) is 7.51. The van der Waals surface area contributed by atoms with Crippen LogP contribution in [0.5, 0.6) is 11.5 Å². The number of phenols is 1. The minimum Gasteiger partial charge on any atom is -0.507 e. The Kier molecular flexibility index (Phi) is 5.44. The molecule has 0 spiro atoms. The highest BCUT2D eigenvalue weighted by molar-refractivity contribution is 5.97. The van der Waals surface area contributed by atoms with Gasteiger partial charge < -0.3 is 20.1 Å². The molecule has 1 fully saturated rings. The lowest BCUT2D eigenvalue weighted by Crippen LogP contribution is -2.38. The number of likely N-dealkylation sites (tertiary alicyclic amines) is 1. The average molecular weight is 292 g/mol. The number of benzene rings is 1. The summed E-state index contributed by atoms with van der Waals surface area (Å²) in [7, 11) is 1.52. The molecule has 2 rings (SSSR count). The van der Waals surface area contributed by atoms with Crippen LogP contribution < -0.4 is 10.1 Å². The van der Waals surface area contributed by atoms with Gasteiger partial charge in [0, 0.05) is 12.6 Å². The van der Waals surface area contributed by atoms with Crippen molar-refractivity contribution in [2.24, 2.45) is 5.92 Å². The Morgan fingerprint density at radius 2 is 2.14 bits per heavy atom. The Morgan fingerprint density at radius 3 is 2.71 bits per heavy atom. The number of rotatable bonds is 5. The van der Waals surface area contributed by atoms with Crippen molar-refractivity contribution in [1.82, 2.24) is 10.2 Å². The van der Waals surface area contributed by atoms with Crippen LogP contribution in [0.15, 0.2) is 18.2 Å². The average Bonchev–Trinajstić information content (AvgIpc) is 2.52. The van der Waals surface area contributed by atoms with Gasteiger partial charge in [-0.05, 0) is 50.5 Å². The molecule has 2 N–H and O–H groups in total. The summed E-state index contributed by atoms with van der Waals surface area (Å²) >= 11 is 0. The molecule has 5 heteroatoms. The molecule has 1 amide bonds. The maximum atomic E-state index is 12.1. The van der Waals surface area contributed by atoms with Crippen molar-refractivity contribution in [2.75, 3.05) is 33.3 Å². The highest BCUT2D eigenvalue weighted by Crippen LogP contribution is 2.23. The Balaban J connectivity index is 1.85. The zero-order chi connectivity index (χ0) is 15.2. The number of nitrogens with one attached hydrogen (secondary N) is 1. The molecule has 0 saturated carbocycles. The molecule has 1 aromatic rings. The maximum absolute atomic E-state index is 12.1. The van der Waals surface area contributed by atoms with E-state index in [0.29, 0.717) is 23.8 Å². The fourth-order valence-electron chi connectivity index (χ4n) is 2.67. The third kappa shape index (κ3) is 4.11. The molecule has 0 aliphatic carbocycles. The number of nitrogens with zero attached hydrogens (tertiary/aromatic N) is 1. The normalized spacial score (nSPS) is 16.7. The van der Waals surface area contributed by atoms with Gasteiger partial charge in [-0.3, -0.25) is 4.79 Å². The van der Waals surface area contributed by atoms with E-state index in [2.05, 4.69) is 17.1 Å². The number of aromatic hydroxyl groups is 1. The van der Waals surface area contributed by atoms with E-state index < -0.39 is 0 Å². The molecule has 1 aromatic carbocycles. The maximum Gasteiger partial charge on any atom is 0.255 e. The van der Waals surface area contributed by atoms with E-state index in [1.165, 1.54) is 13.2 Å². The Labute approximate surface area is 125 Å². The van der Waals surface area contributed by atoms with Crippen LogP contribution in [0.2, 0.25) is 0 Å². The number of piperidine rings is 1. The van der Waals surface area contributed by atoms with E-state index in [0.717, 1.165) is 32.5 Å². The first kappa shape index (κ1) is 15.6. The van der Waals surface area contributed by atoms with Gasteiger partial charge in [-0.15, -0.1) is 0 Å². The fourth-order valence-corrected chi connectivity index (χ4v) is 2.67. The zero-order valence-electron chi connectivity index (χ0n) is 12.8. The molecule has 1 heterocycles. The second-order valence-corrected chi connectivity index (χ2v) is 5.47. The molecular weight excluding hydrogens is 268 g/mol. The Bertz CT molecular complexity index is 482. The minimum absolute atomic E-state index is 0.0485. The Morgan fingerprint density at radius 1 is 1.43 bits per heavy atom. The molecule has 0 aromatic heterocycles. The summed E-state index contributed by atoms with van der Waals surface area (Å²) in [5, 5.41) is 12.8. The molecule has 21 heavy (non-hydrogen) atoms. The van der Waals surface area contributed by atoms with E-state index in [4.69, 9.17) is 4.74 Å². The monoisotopic (exact) mass is 292 g/mol. The van der Waals surface area contributed by atoms with Gasteiger partial charge in [0.05, 0.1) is 12.7 Å². The highest BCUT2D eigenvalue weighted by atomic mass is 16.5. The van der Waals surface area contributed by atoms with Gasteiger partial charge in [-0.25, -0.2) is 0 Å². The lowest BCUT2D eigenvalue weighted by molar-refractivity contribution is 0.0934. The zero-order valence-corrected chi connectivity index (χ0v) is 12.8. The lowest BCUT2D eigenvalue weighted by Gasteiger charge is -2.31. The van der Waals surface area contributed by atoms with Crippen LogP contribution in [0, 0.1) is 5.92 Å².